The lowest BCUT2D eigenvalue weighted by atomic mass is 10.0. The first-order valence-corrected chi connectivity index (χ1v) is 22.5. The van der Waals surface area contributed by atoms with Crippen molar-refractivity contribution in [1.29, 1.82) is 0 Å². The van der Waals surface area contributed by atoms with Gasteiger partial charge in [-0.2, -0.15) is 0 Å². The minimum Gasteiger partial charge on any atom is -0.340 e. The number of benzene rings is 1. The second kappa shape index (κ2) is 16.0. The van der Waals surface area contributed by atoms with E-state index in [1.165, 1.54) is 25.6 Å². The van der Waals surface area contributed by atoms with Crippen LogP contribution in [0.5, 0.6) is 0 Å². The van der Waals surface area contributed by atoms with Crippen LogP contribution in [0.4, 0.5) is 0 Å². The quantitative estimate of drug-likeness (QED) is 0.194. The fraction of sp³-hybridized carbons (Fsp3) is 0.382. The molecule has 4 heterocycles. The third-order valence-electron chi connectivity index (χ3n) is 8.52. The third-order valence-corrected chi connectivity index (χ3v) is 11.8. The summed E-state index contributed by atoms with van der Waals surface area (Å²) in [5.41, 5.74) is 3.76. The van der Waals surface area contributed by atoms with E-state index >= 15 is 0 Å². The Morgan fingerprint density at radius 1 is 0.571 bits per heavy atom. The number of aromatic nitrogens is 3. The molecule has 1 aromatic carbocycles. The van der Waals surface area contributed by atoms with Gasteiger partial charge in [0.2, 0.25) is 22.1 Å². The Balaban J connectivity index is 1.50. The molecule has 5 rings (SSSR count). The SMILES string of the molecule is CP(=O)(O)c1cccc(CN2CCN(Cc3cccc(P(C)(=O)O)n3)C[C@@H](Cc3ccccc3)N(Cc3cccc(P(C)(=O)O)n3)CC2)n1. The molecule has 1 fully saturated rings. The van der Waals surface area contributed by atoms with E-state index < -0.39 is 22.1 Å². The molecule has 4 aromatic rings. The van der Waals surface area contributed by atoms with Crippen LogP contribution in [0.1, 0.15) is 22.6 Å². The molecule has 15 heteroatoms. The monoisotopic (exact) mass is 726 g/mol. The standard InChI is InChI=1S/C34H45N6O6P3/c1-47(41,42)32-15-7-12-28(35-32)23-38-18-19-39(24-29-13-8-16-33(36-29)48(2,43)44)26-31(22-27-10-5-4-6-11-27)40(21-20-38)25-30-14-9-17-34(37-30)49(3,45)46/h4-17,31H,18-26H2,1-3H3,(H,41,42)(H,43,44)(H,45,46)/t31-/m1/s1. The number of hydrogen-bond acceptors (Lipinski definition) is 9. The zero-order valence-corrected chi connectivity index (χ0v) is 30.8. The van der Waals surface area contributed by atoms with Gasteiger partial charge in [-0.1, -0.05) is 48.5 Å². The Bertz CT molecular complexity index is 1860. The van der Waals surface area contributed by atoms with Gasteiger partial charge in [-0.25, -0.2) is 15.0 Å². The minimum absolute atomic E-state index is 0.00970. The Kier molecular flexibility index (Phi) is 12.2. The van der Waals surface area contributed by atoms with E-state index in [0.717, 1.165) is 6.42 Å². The third kappa shape index (κ3) is 11.1. The Morgan fingerprint density at radius 3 is 1.49 bits per heavy atom. The Morgan fingerprint density at radius 2 is 1.00 bits per heavy atom. The summed E-state index contributed by atoms with van der Waals surface area (Å²) in [4.78, 5) is 51.3. The predicted molar refractivity (Wildman–Crippen MR) is 194 cm³/mol. The van der Waals surface area contributed by atoms with Gasteiger partial charge in [0, 0.05) is 78.4 Å². The van der Waals surface area contributed by atoms with Crippen LogP contribution in [-0.4, -0.2) is 103 Å². The topological polar surface area (TPSA) is 160 Å². The first-order chi connectivity index (χ1) is 23.1. The minimum atomic E-state index is -3.56. The molecule has 3 unspecified atom stereocenters. The van der Waals surface area contributed by atoms with Gasteiger partial charge in [0.05, 0.1) is 17.1 Å². The normalized spacial score (nSPS) is 20.7. The molecule has 0 radical (unpaired) electrons. The first-order valence-electron chi connectivity index (χ1n) is 16.2. The van der Waals surface area contributed by atoms with Crippen LogP contribution in [0, 0.1) is 0 Å². The van der Waals surface area contributed by atoms with E-state index in [9.17, 15) is 28.4 Å². The first kappa shape index (κ1) is 37.4. The maximum atomic E-state index is 12.5. The van der Waals surface area contributed by atoms with Gasteiger partial charge in [0.15, 0.2) is 0 Å². The zero-order chi connectivity index (χ0) is 35.2. The lowest BCUT2D eigenvalue weighted by Gasteiger charge is -2.35. The predicted octanol–water partition coefficient (Wildman–Crippen LogP) is 2.88. The molecule has 4 atom stereocenters. The van der Waals surface area contributed by atoms with Gasteiger partial charge < -0.3 is 14.7 Å². The van der Waals surface area contributed by atoms with Crippen LogP contribution < -0.4 is 16.3 Å². The lowest BCUT2D eigenvalue weighted by Crippen LogP contribution is -2.46. The van der Waals surface area contributed by atoms with Crippen molar-refractivity contribution in [3.63, 3.8) is 0 Å². The second-order valence-corrected chi connectivity index (χ2v) is 19.6. The van der Waals surface area contributed by atoms with Crippen molar-refractivity contribution >= 4 is 38.4 Å². The molecule has 0 amide bonds. The van der Waals surface area contributed by atoms with Crippen molar-refractivity contribution in [1.82, 2.24) is 29.7 Å². The zero-order valence-electron chi connectivity index (χ0n) is 28.1. The summed E-state index contributed by atoms with van der Waals surface area (Å²) in [6.07, 6.45) is 0.740. The van der Waals surface area contributed by atoms with Crippen molar-refractivity contribution in [2.75, 3.05) is 52.7 Å². The molecule has 0 bridgehead atoms. The fourth-order valence-corrected chi connectivity index (χ4v) is 8.00. The Hall–Kier alpha value is -2.88. The van der Waals surface area contributed by atoms with Gasteiger partial charge in [-0.05, 0) is 48.4 Å². The lowest BCUT2D eigenvalue weighted by molar-refractivity contribution is 0.134. The molecular weight excluding hydrogens is 681 g/mol. The molecule has 1 aliphatic heterocycles. The largest absolute Gasteiger partial charge is 0.340 e. The second-order valence-electron chi connectivity index (χ2n) is 12.9. The van der Waals surface area contributed by atoms with Crippen LogP contribution in [-0.2, 0) is 39.8 Å². The molecule has 0 aliphatic carbocycles. The van der Waals surface area contributed by atoms with Crippen molar-refractivity contribution in [2.24, 2.45) is 0 Å². The van der Waals surface area contributed by atoms with E-state index in [1.54, 1.807) is 36.4 Å². The molecule has 1 aliphatic rings. The van der Waals surface area contributed by atoms with E-state index in [4.69, 9.17) is 0 Å². The average Bonchev–Trinajstić information content (AvgIpc) is 3.11. The van der Waals surface area contributed by atoms with Gasteiger partial charge in [0.1, 0.15) is 16.3 Å². The van der Waals surface area contributed by atoms with Crippen LogP contribution in [0.25, 0.3) is 0 Å². The van der Waals surface area contributed by atoms with E-state index in [1.807, 2.05) is 36.4 Å². The molecule has 0 saturated carbocycles. The van der Waals surface area contributed by atoms with Crippen molar-refractivity contribution in [3.05, 3.63) is 108 Å². The summed E-state index contributed by atoms with van der Waals surface area (Å²) in [5.74, 6) is 0. The van der Waals surface area contributed by atoms with Crippen LogP contribution >= 0.6 is 22.1 Å². The molecule has 3 aromatic heterocycles. The van der Waals surface area contributed by atoms with Crippen molar-refractivity contribution in [2.45, 2.75) is 32.1 Å². The van der Waals surface area contributed by atoms with Gasteiger partial charge in [-0.3, -0.25) is 28.4 Å². The van der Waals surface area contributed by atoms with Crippen molar-refractivity contribution < 1.29 is 28.4 Å². The summed E-state index contributed by atoms with van der Waals surface area (Å²) >= 11 is 0. The molecule has 12 nitrogen and oxygen atoms in total. The highest BCUT2D eigenvalue weighted by Gasteiger charge is 2.28. The van der Waals surface area contributed by atoms with E-state index in [0.29, 0.717) is 69.4 Å². The van der Waals surface area contributed by atoms with Gasteiger partial charge >= 0.3 is 0 Å². The number of hydrogen-bond donors (Lipinski definition) is 3. The summed E-state index contributed by atoms with van der Waals surface area (Å²) in [6, 6.07) is 25.9. The molecule has 1 saturated heterocycles. The maximum Gasteiger partial charge on any atom is 0.244 e. The van der Waals surface area contributed by atoms with E-state index in [2.05, 4.69) is 41.8 Å². The summed E-state index contributed by atoms with van der Waals surface area (Å²) in [6.45, 7) is 8.55. The highest BCUT2D eigenvalue weighted by atomic mass is 31.2. The van der Waals surface area contributed by atoms with Gasteiger partial charge in [-0.15, -0.1) is 0 Å². The molecular formula is C34H45N6O6P3. The molecule has 49 heavy (non-hydrogen) atoms. The highest BCUT2D eigenvalue weighted by Crippen LogP contribution is 2.34. The summed E-state index contributed by atoms with van der Waals surface area (Å²) in [5, 5.41) is 0. The number of nitrogens with zero attached hydrogens (tertiary/aromatic N) is 6. The molecule has 0 spiro atoms. The maximum absolute atomic E-state index is 12.5. The van der Waals surface area contributed by atoms with Gasteiger partial charge in [0.25, 0.3) is 0 Å². The summed E-state index contributed by atoms with van der Waals surface area (Å²) < 4.78 is 37.3. The smallest absolute Gasteiger partial charge is 0.244 e. The number of pyridine rings is 3. The van der Waals surface area contributed by atoms with E-state index in [-0.39, 0.29) is 22.3 Å². The highest BCUT2D eigenvalue weighted by molar-refractivity contribution is 7.65. The fourth-order valence-electron chi connectivity index (χ4n) is 5.97. The Labute approximate surface area is 288 Å². The molecule has 3 N–H and O–H groups in total. The number of rotatable bonds is 11. The van der Waals surface area contributed by atoms with Crippen LogP contribution in [0.2, 0.25) is 0 Å². The van der Waals surface area contributed by atoms with Crippen molar-refractivity contribution in [3.8, 4) is 0 Å². The van der Waals surface area contributed by atoms with Crippen LogP contribution in [0.15, 0.2) is 84.9 Å². The summed E-state index contributed by atoms with van der Waals surface area (Å²) in [7, 11) is -10.6. The molecule has 262 valence electrons. The van der Waals surface area contributed by atoms with Crippen LogP contribution in [0.3, 0.4) is 0 Å². The average molecular weight is 727 g/mol.